The summed E-state index contributed by atoms with van der Waals surface area (Å²) in [6, 6.07) is 1.18. The Kier molecular flexibility index (Phi) is 4.38. The first kappa shape index (κ1) is 15.2. The lowest BCUT2D eigenvalue weighted by Gasteiger charge is -2.38. The van der Waals surface area contributed by atoms with E-state index in [4.69, 9.17) is 0 Å². The van der Waals surface area contributed by atoms with Gasteiger partial charge in [0, 0.05) is 37.6 Å². The van der Waals surface area contributed by atoms with Gasteiger partial charge in [-0.25, -0.2) is 4.98 Å². The molecule has 2 saturated carbocycles. The maximum absolute atomic E-state index is 12.0. The summed E-state index contributed by atoms with van der Waals surface area (Å²) in [6.45, 7) is 1.85. The number of hydrogen-bond acceptors (Lipinski definition) is 4. The number of piperidine rings is 1. The fourth-order valence-electron chi connectivity index (χ4n) is 4.58. The molecule has 5 heteroatoms. The van der Waals surface area contributed by atoms with Crippen LogP contribution in [0.15, 0.2) is 17.2 Å². The van der Waals surface area contributed by atoms with Crippen LogP contribution < -0.4 is 15.8 Å². The molecule has 0 amide bonds. The summed E-state index contributed by atoms with van der Waals surface area (Å²) in [7, 11) is 0. The molecule has 2 N–H and O–H groups in total. The van der Waals surface area contributed by atoms with E-state index in [2.05, 4.69) is 20.2 Å². The summed E-state index contributed by atoms with van der Waals surface area (Å²) in [4.78, 5) is 21.1. The van der Waals surface area contributed by atoms with Crippen LogP contribution in [0.4, 0.5) is 5.82 Å². The highest BCUT2D eigenvalue weighted by Crippen LogP contribution is 2.44. The highest BCUT2D eigenvalue weighted by Gasteiger charge is 2.35. The molecule has 0 aromatic carbocycles. The smallest absolute Gasteiger partial charge is 0.290 e. The second-order valence-corrected chi connectivity index (χ2v) is 7.65. The molecule has 0 spiro atoms. The third-order valence-corrected chi connectivity index (χ3v) is 5.88. The van der Waals surface area contributed by atoms with Gasteiger partial charge < -0.3 is 15.2 Å². The van der Waals surface area contributed by atoms with E-state index in [1.807, 2.05) is 0 Å². The topological polar surface area (TPSA) is 61.0 Å². The number of aromatic amines is 1. The molecule has 23 heavy (non-hydrogen) atoms. The Labute approximate surface area is 137 Å². The first-order valence-corrected chi connectivity index (χ1v) is 9.34. The molecule has 3 fully saturated rings. The molecule has 1 aliphatic heterocycles. The van der Waals surface area contributed by atoms with Gasteiger partial charge in [0.15, 0.2) is 5.82 Å². The van der Waals surface area contributed by atoms with E-state index < -0.39 is 0 Å². The van der Waals surface area contributed by atoms with E-state index in [9.17, 15) is 4.79 Å². The van der Waals surface area contributed by atoms with Gasteiger partial charge in [0.2, 0.25) is 0 Å². The molecular weight excluding hydrogens is 288 g/mol. The standard InChI is InChI=1S/C18H28N4O/c23-18-17(19-8-9-20-18)22-10-2-5-16(12-22)21-15-4-1-3-14(11-15)13-6-7-13/h8-9,13-16,21H,1-7,10-12H2,(H,20,23)/t14-,15+,16+/m1/s1. The summed E-state index contributed by atoms with van der Waals surface area (Å²) in [5.41, 5.74) is -0.0698. The molecule has 2 aliphatic carbocycles. The van der Waals surface area contributed by atoms with Crippen molar-refractivity contribution in [2.75, 3.05) is 18.0 Å². The summed E-state index contributed by atoms with van der Waals surface area (Å²) < 4.78 is 0. The SMILES string of the molecule is O=c1[nH]ccnc1N1CCC[C@H](N[C@H]2CCC[C@@H](C3CC3)C2)C1. The molecule has 3 atom stereocenters. The zero-order chi connectivity index (χ0) is 15.6. The molecule has 4 rings (SSSR count). The Morgan fingerprint density at radius 1 is 1.09 bits per heavy atom. The number of aromatic nitrogens is 2. The fraction of sp³-hybridized carbons (Fsp3) is 0.778. The van der Waals surface area contributed by atoms with Crippen molar-refractivity contribution in [3.05, 3.63) is 22.7 Å². The van der Waals surface area contributed by atoms with Crippen LogP contribution >= 0.6 is 0 Å². The lowest BCUT2D eigenvalue weighted by molar-refractivity contribution is 0.238. The van der Waals surface area contributed by atoms with Crippen LogP contribution in [0.5, 0.6) is 0 Å². The molecule has 126 valence electrons. The van der Waals surface area contributed by atoms with E-state index in [1.165, 1.54) is 44.9 Å². The summed E-state index contributed by atoms with van der Waals surface area (Å²) in [6.07, 6.45) is 14.1. The third-order valence-electron chi connectivity index (χ3n) is 5.88. The quantitative estimate of drug-likeness (QED) is 0.895. The number of rotatable bonds is 4. The van der Waals surface area contributed by atoms with Crippen LogP contribution in [0.2, 0.25) is 0 Å². The summed E-state index contributed by atoms with van der Waals surface area (Å²) >= 11 is 0. The van der Waals surface area contributed by atoms with Gasteiger partial charge >= 0.3 is 0 Å². The number of anilines is 1. The van der Waals surface area contributed by atoms with Crippen LogP contribution in [0.25, 0.3) is 0 Å². The number of nitrogens with zero attached hydrogens (tertiary/aromatic N) is 2. The Bertz CT molecular complexity index is 582. The maximum atomic E-state index is 12.0. The van der Waals surface area contributed by atoms with Crippen molar-refractivity contribution in [2.45, 2.75) is 63.5 Å². The predicted molar refractivity (Wildman–Crippen MR) is 91.7 cm³/mol. The fourth-order valence-corrected chi connectivity index (χ4v) is 4.58. The van der Waals surface area contributed by atoms with Gasteiger partial charge in [0.25, 0.3) is 5.56 Å². The van der Waals surface area contributed by atoms with Crippen LogP contribution in [-0.2, 0) is 0 Å². The van der Waals surface area contributed by atoms with Gasteiger partial charge in [-0.1, -0.05) is 12.8 Å². The van der Waals surface area contributed by atoms with Crippen molar-refractivity contribution in [1.29, 1.82) is 0 Å². The molecule has 0 radical (unpaired) electrons. The second-order valence-electron chi connectivity index (χ2n) is 7.65. The minimum Gasteiger partial charge on any atom is -0.350 e. The zero-order valence-corrected chi connectivity index (χ0v) is 13.8. The number of H-pyrrole nitrogens is 1. The van der Waals surface area contributed by atoms with Crippen LogP contribution in [0.3, 0.4) is 0 Å². The number of hydrogen-bond donors (Lipinski definition) is 2. The van der Waals surface area contributed by atoms with Gasteiger partial charge in [0.1, 0.15) is 0 Å². The van der Waals surface area contributed by atoms with Crippen molar-refractivity contribution < 1.29 is 0 Å². The average Bonchev–Trinajstić information content (AvgIpc) is 3.41. The molecule has 2 heterocycles. The zero-order valence-electron chi connectivity index (χ0n) is 13.8. The molecule has 0 bridgehead atoms. The van der Waals surface area contributed by atoms with Gasteiger partial charge in [-0.2, -0.15) is 0 Å². The van der Waals surface area contributed by atoms with Gasteiger partial charge in [0.05, 0.1) is 0 Å². The van der Waals surface area contributed by atoms with Crippen LogP contribution in [0, 0.1) is 11.8 Å². The highest BCUT2D eigenvalue weighted by atomic mass is 16.1. The lowest BCUT2D eigenvalue weighted by Crippen LogP contribution is -2.51. The maximum Gasteiger partial charge on any atom is 0.290 e. The van der Waals surface area contributed by atoms with Crippen molar-refractivity contribution in [3.8, 4) is 0 Å². The molecule has 1 saturated heterocycles. The van der Waals surface area contributed by atoms with Crippen LogP contribution in [0.1, 0.15) is 51.4 Å². The van der Waals surface area contributed by atoms with Crippen molar-refractivity contribution in [2.24, 2.45) is 11.8 Å². The molecule has 1 aromatic rings. The van der Waals surface area contributed by atoms with E-state index in [1.54, 1.807) is 12.4 Å². The molecular formula is C18H28N4O. The summed E-state index contributed by atoms with van der Waals surface area (Å²) in [5, 5.41) is 3.91. The second kappa shape index (κ2) is 6.63. The van der Waals surface area contributed by atoms with Crippen molar-refractivity contribution >= 4 is 5.82 Å². The molecule has 0 unspecified atom stereocenters. The first-order chi connectivity index (χ1) is 11.3. The summed E-state index contributed by atoms with van der Waals surface area (Å²) in [5.74, 6) is 2.59. The van der Waals surface area contributed by atoms with E-state index in [-0.39, 0.29) is 5.56 Å². The van der Waals surface area contributed by atoms with Gasteiger partial charge in [-0.15, -0.1) is 0 Å². The Hall–Kier alpha value is -1.36. The number of nitrogens with one attached hydrogen (secondary N) is 2. The van der Waals surface area contributed by atoms with E-state index in [0.29, 0.717) is 17.9 Å². The lowest BCUT2D eigenvalue weighted by atomic mass is 9.82. The van der Waals surface area contributed by atoms with E-state index >= 15 is 0 Å². The monoisotopic (exact) mass is 316 g/mol. The Morgan fingerprint density at radius 3 is 2.78 bits per heavy atom. The average molecular weight is 316 g/mol. The van der Waals surface area contributed by atoms with E-state index in [0.717, 1.165) is 31.3 Å². The Balaban J connectivity index is 1.36. The minimum atomic E-state index is -0.0698. The molecule has 1 aromatic heterocycles. The molecule has 5 nitrogen and oxygen atoms in total. The Morgan fingerprint density at radius 2 is 1.96 bits per heavy atom. The van der Waals surface area contributed by atoms with Crippen molar-refractivity contribution in [3.63, 3.8) is 0 Å². The first-order valence-electron chi connectivity index (χ1n) is 9.34. The van der Waals surface area contributed by atoms with Crippen molar-refractivity contribution in [1.82, 2.24) is 15.3 Å². The minimum absolute atomic E-state index is 0.0698. The van der Waals surface area contributed by atoms with Gasteiger partial charge in [-0.3, -0.25) is 4.79 Å². The molecule has 3 aliphatic rings. The third kappa shape index (κ3) is 3.60. The van der Waals surface area contributed by atoms with Crippen LogP contribution in [-0.4, -0.2) is 35.1 Å². The highest BCUT2D eigenvalue weighted by molar-refractivity contribution is 5.36. The largest absolute Gasteiger partial charge is 0.350 e. The van der Waals surface area contributed by atoms with Gasteiger partial charge in [-0.05, 0) is 50.4 Å². The normalized spacial score (nSPS) is 32.0. The predicted octanol–water partition coefficient (Wildman–Crippen LogP) is 2.30.